The Labute approximate surface area is 144 Å². The SMILES string of the molecule is CC(C)(C)c1nc2ccc(C(=O)O)cn2c1N=Nc1ccccc1O. The molecule has 3 rings (SSSR count). The van der Waals surface area contributed by atoms with Crippen molar-refractivity contribution in [2.24, 2.45) is 10.2 Å². The molecule has 1 aromatic carbocycles. The van der Waals surface area contributed by atoms with Gasteiger partial charge >= 0.3 is 5.97 Å². The van der Waals surface area contributed by atoms with Crippen LogP contribution in [0.1, 0.15) is 36.8 Å². The van der Waals surface area contributed by atoms with Crippen LogP contribution in [0.4, 0.5) is 11.5 Å². The van der Waals surface area contributed by atoms with Crippen molar-refractivity contribution in [3.8, 4) is 5.75 Å². The van der Waals surface area contributed by atoms with Crippen LogP contribution in [0.25, 0.3) is 5.65 Å². The fourth-order valence-electron chi connectivity index (χ4n) is 2.41. The van der Waals surface area contributed by atoms with Crippen LogP contribution >= 0.6 is 0 Å². The number of carboxylic acid groups (broad SMARTS) is 1. The van der Waals surface area contributed by atoms with E-state index in [2.05, 4.69) is 15.2 Å². The number of phenolic OH excluding ortho intramolecular Hbond substituents is 1. The molecule has 0 amide bonds. The number of aromatic hydroxyl groups is 1. The van der Waals surface area contributed by atoms with Crippen molar-refractivity contribution in [2.75, 3.05) is 0 Å². The number of imidazole rings is 1. The van der Waals surface area contributed by atoms with E-state index in [1.807, 2.05) is 20.8 Å². The van der Waals surface area contributed by atoms with E-state index in [-0.39, 0.29) is 16.7 Å². The van der Waals surface area contributed by atoms with Crippen LogP contribution in [-0.2, 0) is 5.41 Å². The third kappa shape index (κ3) is 3.21. The first-order valence-corrected chi connectivity index (χ1v) is 7.73. The maximum Gasteiger partial charge on any atom is 0.337 e. The highest BCUT2D eigenvalue weighted by Gasteiger charge is 2.24. The molecule has 0 spiro atoms. The molecule has 0 aliphatic carbocycles. The van der Waals surface area contributed by atoms with Crippen LogP contribution < -0.4 is 0 Å². The molecule has 0 fully saturated rings. The minimum absolute atomic E-state index is 0.0172. The van der Waals surface area contributed by atoms with Gasteiger partial charge in [0, 0.05) is 11.6 Å². The average molecular weight is 338 g/mol. The quantitative estimate of drug-likeness (QED) is 0.689. The van der Waals surface area contributed by atoms with Gasteiger partial charge in [0.1, 0.15) is 17.1 Å². The van der Waals surface area contributed by atoms with Crippen molar-refractivity contribution >= 4 is 23.1 Å². The summed E-state index contributed by atoms with van der Waals surface area (Å²) in [5.74, 6) is -0.575. The highest BCUT2D eigenvalue weighted by molar-refractivity contribution is 5.87. The number of hydrogen-bond donors (Lipinski definition) is 2. The predicted octanol–water partition coefficient (Wildman–Crippen LogP) is 4.45. The van der Waals surface area contributed by atoms with Crippen LogP contribution in [0.5, 0.6) is 5.75 Å². The summed E-state index contributed by atoms with van der Waals surface area (Å²) in [5.41, 5.74) is 1.41. The molecule has 0 atom stereocenters. The number of carbonyl (C=O) groups is 1. The molecule has 0 bridgehead atoms. The fourth-order valence-corrected chi connectivity index (χ4v) is 2.41. The molecule has 7 nitrogen and oxygen atoms in total. The number of nitrogens with zero attached hydrogens (tertiary/aromatic N) is 4. The van der Waals surface area contributed by atoms with Crippen LogP contribution in [-0.4, -0.2) is 25.6 Å². The Hall–Kier alpha value is -3.22. The number of benzene rings is 1. The van der Waals surface area contributed by atoms with Crippen molar-refractivity contribution in [3.63, 3.8) is 0 Å². The second-order valence-electron chi connectivity index (χ2n) is 6.67. The number of aromatic nitrogens is 2. The van der Waals surface area contributed by atoms with Gasteiger partial charge in [0.15, 0.2) is 5.82 Å². The highest BCUT2D eigenvalue weighted by Crippen LogP contribution is 2.34. The van der Waals surface area contributed by atoms with Gasteiger partial charge in [0.05, 0.1) is 11.3 Å². The molecule has 2 heterocycles. The fraction of sp³-hybridized carbons (Fsp3) is 0.222. The van der Waals surface area contributed by atoms with Crippen molar-refractivity contribution in [2.45, 2.75) is 26.2 Å². The topological polar surface area (TPSA) is 99.5 Å². The van der Waals surface area contributed by atoms with Crippen molar-refractivity contribution in [3.05, 3.63) is 53.9 Å². The molecule has 0 saturated carbocycles. The van der Waals surface area contributed by atoms with Crippen LogP contribution in [0.2, 0.25) is 0 Å². The van der Waals surface area contributed by atoms with Gasteiger partial charge in [-0.05, 0) is 24.3 Å². The lowest BCUT2D eigenvalue weighted by Crippen LogP contribution is -2.11. The second kappa shape index (κ2) is 6.01. The van der Waals surface area contributed by atoms with Gasteiger partial charge in [-0.25, -0.2) is 9.78 Å². The summed E-state index contributed by atoms with van der Waals surface area (Å²) < 4.78 is 1.60. The number of carboxylic acids is 1. The number of fused-ring (bicyclic) bond motifs is 1. The van der Waals surface area contributed by atoms with Gasteiger partial charge in [-0.15, -0.1) is 10.2 Å². The summed E-state index contributed by atoms with van der Waals surface area (Å²) in [6.07, 6.45) is 1.47. The first-order valence-electron chi connectivity index (χ1n) is 7.73. The zero-order valence-electron chi connectivity index (χ0n) is 14.1. The summed E-state index contributed by atoms with van der Waals surface area (Å²) >= 11 is 0. The molecule has 0 aliphatic heterocycles. The molecular formula is C18H18N4O3. The number of aromatic carboxylic acids is 1. The molecular weight excluding hydrogens is 320 g/mol. The molecule has 2 N–H and O–H groups in total. The number of para-hydroxylation sites is 1. The summed E-state index contributed by atoms with van der Waals surface area (Å²) in [6, 6.07) is 9.74. The molecule has 3 aromatic rings. The van der Waals surface area contributed by atoms with E-state index < -0.39 is 5.97 Å². The summed E-state index contributed by atoms with van der Waals surface area (Å²) in [4.78, 5) is 15.8. The smallest absolute Gasteiger partial charge is 0.337 e. The minimum atomic E-state index is -1.03. The zero-order valence-corrected chi connectivity index (χ0v) is 14.1. The van der Waals surface area contributed by atoms with Gasteiger partial charge in [-0.2, -0.15) is 0 Å². The molecule has 0 saturated heterocycles. The molecule has 0 radical (unpaired) electrons. The van der Waals surface area contributed by atoms with E-state index in [1.165, 1.54) is 18.3 Å². The molecule has 128 valence electrons. The maximum atomic E-state index is 11.3. The van der Waals surface area contributed by atoms with E-state index >= 15 is 0 Å². The first-order chi connectivity index (χ1) is 11.8. The number of pyridine rings is 1. The summed E-state index contributed by atoms with van der Waals surface area (Å²) in [5, 5.41) is 27.4. The van der Waals surface area contributed by atoms with E-state index in [9.17, 15) is 15.0 Å². The number of hydrogen-bond acceptors (Lipinski definition) is 5. The number of phenols is 1. The Morgan fingerprint density at radius 1 is 1.12 bits per heavy atom. The van der Waals surface area contributed by atoms with E-state index in [1.54, 1.807) is 28.7 Å². The average Bonchev–Trinajstić information content (AvgIpc) is 2.92. The minimum Gasteiger partial charge on any atom is -0.506 e. The zero-order chi connectivity index (χ0) is 18.2. The predicted molar refractivity (Wildman–Crippen MR) is 93.1 cm³/mol. The third-order valence-electron chi connectivity index (χ3n) is 3.68. The lowest BCUT2D eigenvalue weighted by Gasteiger charge is -2.15. The van der Waals surface area contributed by atoms with E-state index in [4.69, 9.17) is 0 Å². The summed E-state index contributed by atoms with van der Waals surface area (Å²) in [6.45, 7) is 5.98. The van der Waals surface area contributed by atoms with Crippen molar-refractivity contribution in [1.29, 1.82) is 0 Å². The largest absolute Gasteiger partial charge is 0.506 e. The summed E-state index contributed by atoms with van der Waals surface area (Å²) in [7, 11) is 0. The maximum absolute atomic E-state index is 11.3. The van der Waals surface area contributed by atoms with Crippen LogP contribution in [0.3, 0.4) is 0 Å². The third-order valence-corrected chi connectivity index (χ3v) is 3.68. The van der Waals surface area contributed by atoms with Crippen molar-refractivity contribution in [1.82, 2.24) is 9.38 Å². The Kier molecular flexibility index (Phi) is 4.00. The normalized spacial score (nSPS) is 12.1. The standard InChI is InChI=1S/C18H18N4O3/c1-18(2,3)15-16(21-20-12-6-4-5-7-13(12)23)22-10-11(17(24)25)8-9-14(22)19-15/h4-10,23H,1-3H3,(H,24,25). The van der Waals surface area contributed by atoms with Gasteiger partial charge in [0.25, 0.3) is 0 Å². The molecule has 2 aromatic heterocycles. The lowest BCUT2D eigenvalue weighted by molar-refractivity contribution is 0.0696. The Morgan fingerprint density at radius 3 is 2.48 bits per heavy atom. The van der Waals surface area contributed by atoms with Gasteiger partial charge < -0.3 is 10.2 Å². The number of azo groups is 1. The highest BCUT2D eigenvalue weighted by atomic mass is 16.4. The first kappa shape index (κ1) is 16.6. The molecule has 0 unspecified atom stereocenters. The van der Waals surface area contributed by atoms with Crippen LogP contribution in [0, 0.1) is 0 Å². The van der Waals surface area contributed by atoms with Gasteiger partial charge in [0.2, 0.25) is 0 Å². The Bertz CT molecular complexity index is 984. The molecule has 0 aliphatic rings. The van der Waals surface area contributed by atoms with E-state index in [0.717, 1.165) is 0 Å². The second-order valence-corrected chi connectivity index (χ2v) is 6.67. The molecule has 7 heteroatoms. The Balaban J connectivity index is 2.21. The van der Waals surface area contributed by atoms with Crippen LogP contribution in [0.15, 0.2) is 52.8 Å². The van der Waals surface area contributed by atoms with Crippen molar-refractivity contribution < 1.29 is 15.0 Å². The van der Waals surface area contributed by atoms with Gasteiger partial charge in [-0.1, -0.05) is 32.9 Å². The van der Waals surface area contributed by atoms with E-state index in [0.29, 0.717) is 22.8 Å². The van der Waals surface area contributed by atoms with Gasteiger partial charge in [-0.3, -0.25) is 4.40 Å². The Morgan fingerprint density at radius 2 is 1.84 bits per heavy atom. The lowest BCUT2D eigenvalue weighted by atomic mass is 9.92. The molecule has 25 heavy (non-hydrogen) atoms. The number of rotatable bonds is 3. The monoisotopic (exact) mass is 338 g/mol.